The van der Waals surface area contributed by atoms with Crippen molar-refractivity contribution in [2.75, 3.05) is 12.9 Å². The Morgan fingerprint density at radius 2 is 1.68 bits per heavy atom. The topological polar surface area (TPSA) is 104 Å². The zero-order valence-electron chi connectivity index (χ0n) is 13.3. The molecule has 0 bridgehead atoms. The monoisotopic (exact) mass is 459 g/mol. The highest BCUT2D eigenvalue weighted by atomic mass is 32.2. The Bertz CT molecular complexity index is 842. The van der Waals surface area contributed by atoms with Crippen LogP contribution < -0.4 is 0 Å². The third-order valence-corrected chi connectivity index (χ3v) is 5.76. The lowest BCUT2D eigenvalue weighted by Gasteiger charge is -2.27. The SMILES string of the molecule is COC(=O)CS(=O)c1ccc(S(=O)C(F)(F)C(F)(F)C(F)(F)F)cc1[N+](=O)[O-]. The Labute approximate surface area is 155 Å². The minimum absolute atomic E-state index is 0.0149. The predicted molar refractivity (Wildman–Crippen MR) is 78.7 cm³/mol. The fourth-order valence-electron chi connectivity index (χ4n) is 1.62. The van der Waals surface area contributed by atoms with E-state index in [0.717, 1.165) is 7.11 Å². The molecule has 158 valence electrons. The van der Waals surface area contributed by atoms with E-state index in [1.165, 1.54) is 0 Å². The zero-order chi connectivity index (χ0) is 22.1. The molecular weight excluding hydrogens is 451 g/mol. The largest absolute Gasteiger partial charge is 0.468 e. The van der Waals surface area contributed by atoms with E-state index in [1.54, 1.807) is 0 Å². The molecule has 0 saturated heterocycles. The number of methoxy groups -OCH3 is 1. The molecular formula is C12H8F7NO6S2. The first kappa shape index (κ1) is 23.9. The van der Waals surface area contributed by atoms with Crippen molar-refractivity contribution < 1.29 is 53.6 Å². The summed E-state index contributed by atoms with van der Waals surface area (Å²) < 4.78 is 117. The molecule has 1 rings (SSSR count). The van der Waals surface area contributed by atoms with Gasteiger partial charge < -0.3 is 4.74 Å². The maximum Gasteiger partial charge on any atom is 0.461 e. The Morgan fingerprint density at radius 1 is 1.14 bits per heavy atom. The summed E-state index contributed by atoms with van der Waals surface area (Å²) in [7, 11) is -5.91. The minimum atomic E-state index is -6.75. The molecule has 7 nitrogen and oxygen atoms in total. The van der Waals surface area contributed by atoms with E-state index >= 15 is 0 Å². The fourth-order valence-corrected chi connectivity index (χ4v) is 3.75. The average molecular weight is 459 g/mol. The molecule has 0 fully saturated rings. The first-order valence-electron chi connectivity index (χ1n) is 6.55. The number of nitro groups is 1. The molecule has 1 aromatic carbocycles. The van der Waals surface area contributed by atoms with Crippen molar-refractivity contribution in [3.63, 3.8) is 0 Å². The van der Waals surface area contributed by atoms with Crippen molar-refractivity contribution in [2.45, 2.75) is 27.1 Å². The van der Waals surface area contributed by atoms with Gasteiger partial charge in [0.05, 0.1) is 27.7 Å². The Kier molecular flexibility index (Phi) is 6.93. The van der Waals surface area contributed by atoms with E-state index in [0.29, 0.717) is 12.1 Å². The quantitative estimate of drug-likeness (QED) is 0.269. The molecule has 0 aliphatic rings. The van der Waals surface area contributed by atoms with E-state index < -0.39 is 71.1 Å². The lowest BCUT2D eigenvalue weighted by molar-refractivity contribution is -0.388. The number of ether oxygens (including phenoxy) is 1. The second kappa shape index (κ2) is 8.10. The van der Waals surface area contributed by atoms with Crippen molar-refractivity contribution in [3.8, 4) is 0 Å². The second-order valence-electron chi connectivity index (χ2n) is 4.81. The number of alkyl halides is 7. The van der Waals surface area contributed by atoms with Crippen molar-refractivity contribution in [1.29, 1.82) is 0 Å². The van der Waals surface area contributed by atoms with Gasteiger partial charge in [-0.05, 0) is 12.1 Å². The Balaban J connectivity index is 3.43. The van der Waals surface area contributed by atoms with E-state index in [-0.39, 0.29) is 6.07 Å². The van der Waals surface area contributed by atoms with Gasteiger partial charge >= 0.3 is 23.3 Å². The summed E-state index contributed by atoms with van der Waals surface area (Å²) in [6.07, 6.45) is -6.75. The first-order chi connectivity index (χ1) is 12.6. The van der Waals surface area contributed by atoms with Crippen LogP contribution in [-0.4, -0.2) is 49.5 Å². The van der Waals surface area contributed by atoms with Crippen LogP contribution in [0.4, 0.5) is 36.4 Å². The highest BCUT2D eigenvalue weighted by Gasteiger charge is 2.76. The number of nitro benzene ring substituents is 1. The van der Waals surface area contributed by atoms with E-state index in [4.69, 9.17) is 0 Å². The molecule has 0 aliphatic heterocycles. The number of nitrogens with zero attached hydrogens (tertiary/aromatic N) is 1. The molecule has 2 atom stereocenters. The van der Waals surface area contributed by atoms with Gasteiger partial charge in [0.2, 0.25) is 0 Å². The number of carbonyl (C=O) groups is 1. The van der Waals surface area contributed by atoms with Crippen LogP contribution in [0.5, 0.6) is 0 Å². The van der Waals surface area contributed by atoms with Crippen LogP contribution in [-0.2, 0) is 31.1 Å². The summed E-state index contributed by atoms with van der Waals surface area (Å²) in [4.78, 5) is 18.5. The molecule has 0 radical (unpaired) electrons. The Hall–Kier alpha value is -2.10. The van der Waals surface area contributed by atoms with Gasteiger partial charge in [0.1, 0.15) is 21.4 Å². The maximum atomic E-state index is 13.5. The predicted octanol–water partition coefficient (Wildman–Crippen LogP) is 2.77. The number of benzene rings is 1. The van der Waals surface area contributed by atoms with Crippen molar-refractivity contribution in [3.05, 3.63) is 28.3 Å². The molecule has 0 aromatic heterocycles. The molecule has 0 aliphatic carbocycles. The molecule has 1 aromatic rings. The number of esters is 1. The summed E-state index contributed by atoms with van der Waals surface area (Å²) in [5.41, 5.74) is -1.28. The van der Waals surface area contributed by atoms with Crippen LogP contribution in [0, 0.1) is 10.1 Å². The summed E-state index contributed by atoms with van der Waals surface area (Å²) in [6.45, 7) is 0. The minimum Gasteiger partial charge on any atom is -0.468 e. The molecule has 0 N–H and O–H groups in total. The van der Waals surface area contributed by atoms with Crippen LogP contribution in [0.3, 0.4) is 0 Å². The van der Waals surface area contributed by atoms with Crippen LogP contribution in [0.25, 0.3) is 0 Å². The third-order valence-electron chi connectivity index (χ3n) is 3.02. The van der Waals surface area contributed by atoms with E-state index in [1.807, 2.05) is 0 Å². The summed E-state index contributed by atoms with van der Waals surface area (Å²) >= 11 is 0. The summed E-state index contributed by atoms with van der Waals surface area (Å²) in [5, 5.41) is 4.84. The zero-order valence-corrected chi connectivity index (χ0v) is 14.9. The summed E-state index contributed by atoms with van der Waals surface area (Å²) in [5.74, 6) is -8.68. The van der Waals surface area contributed by atoms with Crippen molar-refractivity contribution in [1.82, 2.24) is 0 Å². The number of hydrogen-bond donors (Lipinski definition) is 0. The van der Waals surface area contributed by atoms with E-state index in [2.05, 4.69) is 4.74 Å². The molecule has 0 saturated carbocycles. The highest BCUT2D eigenvalue weighted by Crippen LogP contribution is 2.49. The lowest BCUT2D eigenvalue weighted by atomic mass is 10.3. The number of halogens is 7. The number of carbonyl (C=O) groups excluding carboxylic acids is 1. The first-order valence-corrected chi connectivity index (χ1v) is 9.02. The van der Waals surface area contributed by atoms with Gasteiger partial charge in [-0.15, -0.1) is 0 Å². The maximum absolute atomic E-state index is 13.5. The highest BCUT2D eigenvalue weighted by molar-refractivity contribution is 7.86. The number of rotatable bonds is 7. The van der Waals surface area contributed by atoms with Gasteiger partial charge in [-0.1, -0.05) is 0 Å². The molecule has 2 unspecified atom stereocenters. The van der Waals surface area contributed by atoms with Crippen molar-refractivity contribution in [2.24, 2.45) is 0 Å². The molecule has 0 heterocycles. The average Bonchev–Trinajstić information content (AvgIpc) is 2.58. The van der Waals surface area contributed by atoms with Gasteiger partial charge in [-0.3, -0.25) is 19.1 Å². The smallest absolute Gasteiger partial charge is 0.461 e. The van der Waals surface area contributed by atoms with Crippen LogP contribution in [0.1, 0.15) is 0 Å². The van der Waals surface area contributed by atoms with Gasteiger partial charge in [-0.25, -0.2) is 4.21 Å². The lowest BCUT2D eigenvalue weighted by Crippen LogP contribution is -2.54. The van der Waals surface area contributed by atoms with Crippen molar-refractivity contribution >= 4 is 33.3 Å². The standard InChI is InChI=1S/C12H8F7NO6S2/c1-26-9(21)5-27(24)8-3-2-6(4-7(8)20(22)23)28(25)12(18,19)10(13,14)11(15,16)17/h2-4H,5H2,1H3. The Morgan fingerprint density at radius 3 is 2.11 bits per heavy atom. The molecule has 16 heteroatoms. The molecule has 28 heavy (non-hydrogen) atoms. The van der Waals surface area contributed by atoms with Crippen LogP contribution in [0.15, 0.2) is 28.0 Å². The van der Waals surface area contributed by atoms with Gasteiger partial charge in [0.15, 0.2) is 0 Å². The fraction of sp³-hybridized carbons (Fsp3) is 0.417. The molecule has 0 spiro atoms. The third kappa shape index (κ3) is 4.48. The number of hydrogen-bond acceptors (Lipinski definition) is 6. The van der Waals surface area contributed by atoms with Gasteiger partial charge in [0, 0.05) is 6.07 Å². The van der Waals surface area contributed by atoms with Gasteiger partial charge in [-0.2, -0.15) is 30.7 Å². The summed E-state index contributed by atoms with van der Waals surface area (Å²) in [6, 6.07) is 0.765. The second-order valence-corrected chi connectivity index (χ2v) is 7.75. The molecule has 0 amide bonds. The van der Waals surface area contributed by atoms with E-state index in [9.17, 15) is 54.1 Å². The normalized spacial score (nSPS) is 15.0. The van der Waals surface area contributed by atoms with Crippen LogP contribution >= 0.6 is 0 Å². The van der Waals surface area contributed by atoms with Gasteiger partial charge in [0.25, 0.3) is 5.69 Å². The van der Waals surface area contributed by atoms with Crippen LogP contribution in [0.2, 0.25) is 0 Å².